The van der Waals surface area contributed by atoms with E-state index in [1.165, 1.54) is 0 Å². The molecule has 0 fully saturated rings. The van der Waals surface area contributed by atoms with Crippen LogP contribution in [-0.4, -0.2) is 47.1 Å². The highest BCUT2D eigenvalue weighted by Crippen LogP contribution is 1.95. The van der Waals surface area contributed by atoms with E-state index in [0.29, 0.717) is 6.29 Å². The molecule has 0 saturated heterocycles. The molecule has 0 aromatic heterocycles. The van der Waals surface area contributed by atoms with Crippen LogP contribution >= 0.6 is 0 Å². The standard InChI is InChI=1S/C8H14N2O5/c9-6(1-2-7(13)14)8(15)10-5(3-11)4-12/h3,5-6,12H,1-2,4,9H2,(H,10,15)(H,13,14)/t5-,6+/m1/s1. The number of aliphatic carboxylic acids is 1. The zero-order valence-electron chi connectivity index (χ0n) is 8.05. The molecule has 0 saturated carbocycles. The van der Waals surface area contributed by atoms with Crippen molar-refractivity contribution >= 4 is 18.2 Å². The van der Waals surface area contributed by atoms with Crippen LogP contribution in [0.2, 0.25) is 0 Å². The molecule has 7 heteroatoms. The molecule has 5 N–H and O–H groups in total. The fourth-order valence-electron chi connectivity index (χ4n) is 0.823. The zero-order chi connectivity index (χ0) is 11.8. The summed E-state index contributed by atoms with van der Waals surface area (Å²) in [5, 5.41) is 19.1. The number of carboxylic acids is 1. The summed E-state index contributed by atoms with van der Waals surface area (Å²) in [5.41, 5.74) is 5.35. The van der Waals surface area contributed by atoms with Gasteiger partial charge in [0.25, 0.3) is 0 Å². The van der Waals surface area contributed by atoms with E-state index in [1.807, 2.05) is 0 Å². The first-order chi connectivity index (χ1) is 7.01. The van der Waals surface area contributed by atoms with Crippen molar-refractivity contribution in [1.82, 2.24) is 5.32 Å². The van der Waals surface area contributed by atoms with Crippen LogP contribution in [0.1, 0.15) is 12.8 Å². The van der Waals surface area contributed by atoms with Crippen LogP contribution in [0.4, 0.5) is 0 Å². The third-order valence-electron chi connectivity index (χ3n) is 1.69. The van der Waals surface area contributed by atoms with Crippen LogP contribution in [0.15, 0.2) is 0 Å². The Balaban J connectivity index is 3.97. The smallest absolute Gasteiger partial charge is 0.303 e. The minimum Gasteiger partial charge on any atom is -0.481 e. The van der Waals surface area contributed by atoms with Gasteiger partial charge in [0.2, 0.25) is 5.91 Å². The normalized spacial score (nSPS) is 14.0. The van der Waals surface area contributed by atoms with E-state index in [-0.39, 0.29) is 12.8 Å². The molecular formula is C8H14N2O5. The lowest BCUT2D eigenvalue weighted by molar-refractivity contribution is -0.137. The highest BCUT2D eigenvalue weighted by molar-refractivity contribution is 5.84. The third kappa shape index (κ3) is 5.76. The van der Waals surface area contributed by atoms with E-state index in [1.54, 1.807) is 0 Å². The number of rotatable bonds is 7. The predicted octanol–water partition coefficient (Wildman–Crippen LogP) is -2.15. The summed E-state index contributed by atoms with van der Waals surface area (Å²) in [6, 6.07) is -1.98. The van der Waals surface area contributed by atoms with Crippen molar-refractivity contribution in [2.45, 2.75) is 24.9 Å². The second kappa shape index (κ2) is 6.91. The summed E-state index contributed by atoms with van der Waals surface area (Å²) >= 11 is 0. The monoisotopic (exact) mass is 218 g/mol. The second-order valence-corrected chi connectivity index (χ2v) is 2.97. The van der Waals surface area contributed by atoms with E-state index in [9.17, 15) is 14.4 Å². The van der Waals surface area contributed by atoms with Gasteiger partial charge in [-0.25, -0.2) is 0 Å². The predicted molar refractivity (Wildman–Crippen MR) is 49.9 cm³/mol. The van der Waals surface area contributed by atoms with Crippen molar-refractivity contribution in [2.75, 3.05) is 6.61 Å². The minimum atomic E-state index is -1.05. The van der Waals surface area contributed by atoms with Gasteiger partial charge < -0.3 is 26.1 Å². The number of nitrogens with two attached hydrogens (primary N) is 1. The van der Waals surface area contributed by atoms with Crippen molar-refractivity contribution in [3.05, 3.63) is 0 Å². The van der Waals surface area contributed by atoms with Gasteiger partial charge in [-0.05, 0) is 6.42 Å². The van der Waals surface area contributed by atoms with Crippen LogP contribution in [0.5, 0.6) is 0 Å². The molecule has 0 aliphatic rings. The van der Waals surface area contributed by atoms with Crippen molar-refractivity contribution in [3.63, 3.8) is 0 Å². The maximum Gasteiger partial charge on any atom is 0.303 e. The first-order valence-corrected chi connectivity index (χ1v) is 4.35. The first kappa shape index (κ1) is 13.5. The Morgan fingerprint density at radius 1 is 1.47 bits per heavy atom. The minimum absolute atomic E-state index is 0.0157. The first-order valence-electron chi connectivity index (χ1n) is 4.35. The van der Waals surface area contributed by atoms with Crippen LogP contribution < -0.4 is 11.1 Å². The number of carbonyl (C=O) groups excluding carboxylic acids is 2. The van der Waals surface area contributed by atoms with E-state index in [0.717, 1.165) is 0 Å². The maximum atomic E-state index is 11.2. The molecule has 86 valence electrons. The second-order valence-electron chi connectivity index (χ2n) is 2.97. The van der Waals surface area contributed by atoms with Gasteiger partial charge in [0.05, 0.1) is 12.6 Å². The summed E-state index contributed by atoms with van der Waals surface area (Å²) in [4.78, 5) is 31.6. The lowest BCUT2D eigenvalue weighted by atomic mass is 10.1. The number of aldehydes is 1. The molecule has 2 atom stereocenters. The summed E-state index contributed by atoms with van der Waals surface area (Å²) < 4.78 is 0. The summed E-state index contributed by atoms with van der Waals surface area (Å²) in [7, 11) is 0. The third-order valence-corrected chi connectivity index (χ3v) is 1.69. The molecule has 15 heavy (non-hydrogen) atoms. The summed E-state index contributed by atoms with van der Waals surface area (Å²) in [6.45, 7) is -0.513. The Morgan fingerprint density at radius 3 is 2.47 bits per heavy atom. The molecule has 0 aromatic carbocycles. The van der Waals surface area contributed by atoms with E-state index in [4.69, 9.17) is 15.9 Å². The molecule has 1 amide bonds. The molecule has 0 bridgehead atoms. The lowest BCUT2D eigenvalue weighted by Gasteiger charge is -2.14. The van der Waals surface area contributed by atoms with E-state index < -0.39 is 30.6 Å². The average Bonchev–Trinajstić information content (AvgIpc) is 2.21. The van der Waals surface area contributed by atoms with E-state index >= 15 is 0 Å². The van der Waals surface area contributed by atoms with Crippen molar-refractivity contribution < 1.29 is 24.6 Å². The molecule has 0 aliphatic heterocycles. The Labute approximate surface area is 86.3 Å². The van der Waals surface area contributed by atoms with Gasteiger partial charge in [0.1, 0.15) is 12.3 Å². The van der Waals surface area contributed by atoms with Gasteiger partial charge in [-0.1, -0.05) is 0 Å². The number of carboxylic acid groups (broad SMARTS) is 1. The van der Waals surface area contributed by atoms with Gasteiger partial charge in [0.15, 0.2) is 0 Å². The van der Waals surface area contributed by atoms with Gasteiger partial charge in [-0.2, -0.15) is 0 Å². The SMILES string of the molecule is N[C@@H](CCC(=O)O)C(=O)N[C@H](C=O)CO. The topological polar surface area (TPSA) is 130 Å². The number of amides is 1. The Kier molecular flexibility index (Phi) is 6.23. The van der Waals surface area contributed by atoms with Crippen LogP contribution in [0, 0.1) is 0 Å². The van der Waals surface area contributed by atoms with Crippen LogP contribution in [0.3, 0.4) is 0 Å². The van der Waals surface area contributed by atoms with Crippen LogP contribution in [-0.2, 0) is 14.4 Å². The number of hydrogen-bond acceptors (Lipinski definition) is 5. The number of nitrogens with one attached hydrogen (secondary N) is 1. The molecule has 7 nitrogen and oxygen atoms in total. The molecule has 0 aromatic rings. The largest absolute Gasteiger partial charge is 0.481 e. The Morgan fingerprint density at radius 2 is 2.07 bits per heavy atom. The van der Waals surface area contributed by atoms with Crippen molar-refractivity contribution in [1.29, 1.82) is 0 Å². The molecule has 0 spiro atoms. The molecule has 0 unspecified atom stereocenters. The number of carbonyl (C=O) groups is 3. The lowest BCUT2D eigenvalue weighted by Crippen LogP contribution is -2.47. The molecule has 0 radical (unpaired) electrons. The molecule has 0 aliphatic carbocycles. The van der Waals surface area contributed by atoms with Crippen molar-refractivity contribution in [3.8, 4) is 0 Å². The van der Waals surface area contributed by atoms with Crippen LogP contribution in [0.25, 0.3) is 0 Å². The zero-order valence-corrected chi connectivity index (χ0v) is 8.05. The van der Waals surface area contributed by atoms with Crippen molar-refractivity contribution in [2.24, 2.45) is 5.73 Å². The highest BCUT2D eigenvalue weighted by Gasteiger charge is 2.17. The summed E-state index contributed by atoms with van der Waals surface area (Å²) in [5.74, 6) is -1.70. The molecular weight excluding hydrogens is 204 g/mol. The fraction of sp³-hybridized carbons (Fsp3) is 0.625. The Bertz CT molecular complexity index is 243. The number of aliphatic hydroxyl groups is 1. The average molecular weight is 218 g/mol. The number of aliphatic hydroxyl groups excluding tert-OH is 1. The van der Waals surface area contributed by atoms with Gasteiger partial charge >= 0.3 is 5.97 Å². The molecule has 0 rings (SSSR count). The molecule has 0 heterocycles. The van der Waals surface area contributed by atoms with Gasteiger partial charge in [0, 0.05) is 6.42 Å². The quantitative estimate of drug-likeness (QED) is 0.361. The van der Waals surface area contributed by atoms with E-state index in [2.05, 4.69) is 5.32 Å². The van der Waals surface area contributed by atoms with Gasteiger partial charge in [-0.15, -0.1) is 0 Å². The Hall–Kier alpha value is -1.47. The highest BCUT2D eigenvalue weighted by atomic mass is 16.4. The maximum absolute atomic E-state index is 11.2. The fourth-order valence-corrected chi connectivity index (χ4v) is 0.823. The summed E-state index contributed by atoms with van der Waals surface area (Å²) in [6.07, 6.45) is 0.138. The number of hydrogen-bond donors (Lipinski definition) is 4. The van der Waals surface area contributed by atoms with Gasteiger partial charge in [-0.3, -0.25) is 9.59 Å².